The van der Waals surface area contributed by atoms with Crippen molar-refractivity contribution in [3.63, 3.8) is 0 Å². The molecule has 4 saturated carbocycles. The number of H-pyrrole nitrogens is 1. The van der Waals surface area contributed by atoms with Crippen molar-refractivity contribution in [2.24, 2.45) is 17.8 Å². The number of fused-ring (bicyclic) bond motifs is 1. The van der Waals surface area contributed by atoms with Crippen molar-refractivity contribution < 1.29 is 5.11 Å². The Bertz CT molecular complexity index is 877. The minimum Gasteiger partial charge on any atom is -0.390 e. The number of aromatic amines is 1. The standard InChI is InChI=1S/C20H22N4O/c21-4-1-2-13-11-23-19-16(3-5-22-19)18(13)24-17-14-6-12-7-15(17)10-20(25,8-12)9-14/h1-3,5,11-12,14-15,17,25H,6-10H2,(H2,22,23,24). The van der Waals surface area contributed by atoms with Crippen molar-refractivity contribution in [3.8, 4) is 6.07 Å². The highest BCUT2D eigenvalue weighted by atomic mass is 16.3. The molecule has 4 fully saturated rings. The first-order chi connectivity index (χ1) is 12.1. The van der Waals surface area contributed by atoms with E-state index >= 15 is 0 Å². The molecule has 2 aromatic heterocycles. The van der Waals surface area contributed by atoms with Crippen molar-refractivity contribution in [3.05, 3.63) is 30.1 Å². The van der Waals surface area contributed by atoms with Gasteiger partial charge in [0.25, 0.3) is 0 Å². The van der Waals surface area contributed by atoms with E-state index in [1.54, 1.807) is 0 Å². The monoisotopic (exact) mass is 334 g/mol. The normalized spacial score (nSPS) is 36.2. The molecule has 0 aliphatic heterocycles. The third-order valence-electron chi connectivity index (χ3n) is 6.51. The Morgan fingerprint density at radius 1 is 1.32 bits per heavy atom. The second-order valence-corrected chi connectivity index (χ2v) is 8.16. The van der Waals surface area contributed by atoms with Gasteiger partial charge in [0, 0.05) is 35.5 Å². The molecule has 0 saturated heterocycles. The molecule has 4 aliphatic rings. The van der Waals surface area contributed by atoms with Gasteiger partial charge in [0.15, 0.2) is 0 Å². The van der Waals surface area contributed by atoms with Crippen LogP contribution in [0.3, 0.4) is 0 Å². The predicted octanol–water partition coefficient (Wildman–Crippen LogP) is 3.45. The van der Waals surface area contributed by atoms with Gasteiger partial charge in [-0.15, -0.1) is 0 Å². The molecule has 2 atom stereocenters. The van der Waals surface area contributed by atoms with Crippen LogP contribution in [0.1, 0.15) is 37.7 Å². The molecule has 2 unspecified atom stereocenters. The summed E-state index contributed by atoms with van der Waals surface area (Å²) in [5.74, 6) is 1.76. The number of anilines is 1. The van der Waals surface area contributed by atoms with Gasteiger partial charge >= 0.3 is 0 Å². The van der Waals surface area contributed by atoms with E-state index in [1.165, 1.54) is 18.9 Å². The Labute approximate surface area is 146 Å². The number of rotatable bonds is 3. The average Bonchev–Trinajstić information content (AvgIpc) is 3.04. The van der Waals surface area contributed by atoms with Crippen molar-refractivity contribution >= 4 is 22.8 Å². The summed E-state index contributed by atoms with van der Waals surface area (Å²) in [4.78, 5) is 7.62. The van der Waals surface area contributed by atoms with Crippen LogP contribution in [0.4, 0.5) is 5.69 Å². The van der Waals surface area contributed by atoms with Gasteiger partial charge in [-0.25, -0.2) is 4.98 Å². The van der Waals surface area contributed by atoms with Gasteiger partial charge in [-0.05, 0) is 62.0 Å². The smallest absolute Gasteiger partial charge is 0.139 e. The first-order valence-corrected chi connectivity index (χ1v) is 9.16. The first-order valence-electron chi connectivity index (χ1n) is 9.16. The molecule has 0 radical (unpaired) electrons. The van der Waals surface area contributed by atoms with Crippen LogP contribution in [-0.2, 0) is 0 Å². The van der Waals surface area contributed by atoms with Crippen LogP contribution in [-0.4, -0.2) is 26.7 Å². The van der Waals surface area contributed by atoms with E-state index < -0.39 is 5.60 Å². The van der Waals surface area contributed by atoms with Crippen LogP contribution < -0.4 is 5.32 Å². The maximum Gasteiger partial charge on any atom is 0.139 e. The molecule has 2 heterocycles. The SMILES string of the molecule is N#CC=Cc1cnc2[nH]ccc2c1NC1C2CC3CC1CC(O)(C3)C2. The van der Waals surface area contributed by atoms with Crippen molar-refractivity contribution in [2.75, 3.05) is 5.32 Å². The topological polar surface area (TPSA) is 84.7 Å². The van der Waals surface area contributed by atoms with E-state index in [-0.39, 0.29) is 0 Å². The van der Waals surface area contributed by atoms with Gasteiger partial charge < -0.3 is 15.4 Å². The van der Waals surface area contributed by atoms with Gasteiger partial charge in [0.2, 0.25) is 0 Å². The lowest BCUT2D eigenvalue weighted by Gasteiger charge is -2.58. The highest BCUT2D eigenvalue weighted by molar-refractivity contribution is 5.94. The zero-order valence-corrected chi connectivity index (χ0v) is 14.1. The summed E-state index contributed by atoms with van der Waals surface area (Å²) in [5.41, 5.74) is 2.45. The Hall–Kier alpha value is -2.32. The summed E-state index contributed by atoms with van der Waals surface area (Å²) in [6.45, 7) is 0. The van der Waals surface area contributed by atoms with Crippen LogP contribution in [0.5, 0.6) is 0 Å². The number of allylic oxidation sites excluding steroid dienone is 1. The van der Waals surface area contributed by atoms with Crippen molar-refractivity contribution in [1.29, 1.82) is 5.26 Å². The van der Waals surface area contributed by atoms with Gasteiger partial charge in [0.05, 0.1) is 17.4 Å². The van der Waals surface area contributed by atoms with E-state index in [1.807, 2.05) is 24.5 Å². The van der Waals surface area contributed by atoms with E-state index in [9.17, 15) is 5.11 Å². The maximum absolute atomic E-state index is 10.8. The number of nitrogens with one attached hydrogen (secondary N) is 2. The van der Waals surface area contributed by atoms with Crippen molar-refractivity contribution in [1.82, 2.24) is 9.97 Å². The molecular weight excluding hydrogens is 312 g/mol. The zero-order chi connectivity index (χ0) is 17.0. The van der Waals surface area contributed by atoms with E-state index in [0.29, 0.717) is 23.8 Å². The molecule has 128 valence electrons. The second kappa shape index (κ2) is 5.34. The summed E-state index contributed by atoms with van der Waals surface area (Å²) >= 11 is 0. The molecule has 5 heteroatoms. The molecule has 4 bridgehead atoms. The molecule has 2 aromatic rings. The average molecular weight is 334 g/mol. The Balaban J connectivity index is 1.53. The minimum absolute atomic E-state index is 0.395. The number of nitriles is 1. The molecule has 0 amide bonds. The van der Waals surface area contributed by atoms with Crippen molar-refractivity contribution in [2.45, 2.75) is 43.7 Å². The number of aromatic nitrogens is 2. The number of hydrogen-bond donors (Lipinski definition) is 3. The zero-order valence-electron chi connectivity index (χ0n) is 14.1. The highest BCUT2D eigenvalue weighted by Gasteiger charge is 2.54. The Kier molecular flexibility index (Phi) is 3.20. The summed E-state index contributed by atoms with van der Waals surface area (Å²) < 4.78 is 0. The lowest BCUT2D eigenvalue weighted by atomic mass is 9.52. The second-order valence-electron chi connectivity index (χ2n) is 8.16. The molecule has 6 rings (SSSR count). The summed E-state index contributed by atoms with van der Waals surface area (Å²) in [6.07, 6.45) is 12.3. The molecule has 0 aromatic carbocycles. The van der Waals surface area contributed by atoms with Gasteiger partial charge in [-0.1, -0.05) is 0 Å². The number of pyridine rings is 1. The fourth-order valence-electron chi connectivity index (χ4n) is 5.82. The van der Waals surface area contributed by atoms with E-state index in [2.05, 4.69) is 21.4 Å². The lowest BCUT2D eigenvalue weighted by molar-refractivity contribution is -0.129. The largest absolute Gasteiger partial charge is 0.390 e. The van der Waals surface area contributed by atoms with Crippen LogP contribution in [0.2, 0.25) is 0 Å². The Morgan fingerprint density at radius 2 is 2.12 bits per heavy atom. The van der Waals surface area contributed by atoms with Crippen LogP contribution >= 0.6 is 0 Å². The molecule has 0 spiro atoms. The van der Waals surface area contributed by atoms with Crippen LogP contribution in [0, 0.1) is 29.1 Å². The fraction of sp³-hybridized carbons (Fsp3) is 0.500. The summed E-state index contributed by atoms with van der Waals surface area (Å²) in [6, 6.07) is 4.50. The van der Waals surface area contributed by atoms with Gasteiger partial charge in [-0.2, -0.15) is 5.26 Å². The van der Waals surface area contributed by atoms with Gasteiger partial charge in [0.1, 0.15) is 5.65 Å². The molecule has 5 nitrogen and oxygen atoms in total. The molecule has 4 aliphatic carbocycles. The Morgan fingerprint density at radius 3 is 2.84 bits per heavy atom. The van der Waals surface area contributed by atoms with E-state index in [0.717, 1.165) is 41.5 Å². The first kappa shape index (κ1) is 15.0. The third kappa shape index (κ3) is 2.36. The predicted molar refractivity (Wildman–Crippen MR) is 96.7 cm³/mol. The number of nitrogens with zero attached hydrogens (tertiary/aromatic N) is 2. The van der Waals surface area contributed by atoms with Gasteiger partial charge in [-0.3, -0.25) is 0 Å². The molecule has 3 N–H and O–H groups in total. The molecule has 25 heavy (non-hydrogen) atoms. The van der Waals surface area contributed by atoms with Crippen LogP contribution in [0.15, 0.2) is 24.5 Å². The quantitative estimate of drug-likeness (QED) is 0.751. The number of aliphatic hydroxyl groups is 1. The highest BCUT2D eigenvalue weighted by Crippen LogP contribution is 2.56. The third-order valence-corrected chi connectivity index (χ3v) is 6.51. The van der Waals surface area contributed by atoms with E-state index in [4.69, 9.17) is 5.26 Å². The molecular formula is C20H22N4O. The lowest BCUT2D eigenvalue weighted by Crippen LogP contribution is -2.59. The maximum atomic E-state index is 10.8. The van der Waals surface area contributed by atoms with Crippen LogP contribution in [0.25, 0.3) is 17.1 Å². The number of hydrogen-bond acceptors (Lipinski definition) is 4. The summed E-state index contributed by atoms with van der Waals surface area (Å²) in [5, 5.41) is 24.6. The fourth-order valence-corrected chi connectivity index (χ4v) is 5.82. The minimum atomic E-state index is -0.417. The summed E-state index contributed by atoms with van der Waals surface area (Å²) in [7, 11) is 0.